The lowest BCUT2D eigenvalue weighted by molar-refractivity contribution is -0.387. The van der Waals surface area contributed by atoms with E-state index < -0.39 is 33.7 Å². The number of carbonyl (C=O) groups excluding carboxylic acids is 1. The molecule has 8 heteroatoms. The van der Waals surface area contributed by atoms with Crippen molar-refractivity contribution in [2.45, 2.75) is 18.9 Å². The molecule has 0 saturated carbocycles. The van der Waals surface area contributed by atoms with Gasteiger partial charge in [0.25, 0.3) is 5.91 Å². The summed E-state index contributed by atoms with van der Waals surface area (Å²) in [5.74, 6) is -2.99. The molecule has 0 bridgehead atoms. The van der Waals surface area contributed by atoms with Gasteiger partial charge < -0.3 is 9.64 Å². The summed E-state index contributed by atoms with van der Waals surface area (Å²) in [5, 5.41) is 10.5. The first-order chi connectivity index (χ1) is 9.93. The van der Waals surface area contributed by atoms with Gasteiger partial charge in [0.15, 0.2) is 0 Å². The number of halogens is 2. The number of carbonyl (C=O) groups is 1. The van der Waals surface area contributed by atoms with Gasteiger partial charge in [0, 0.05) is 20.2 Å². The number of piperidine rings is 1. The molecule has 1 aliphatic heterocycles. The van der Waals surface area contributed by atoms with Gasteiger partial charge in [-0.15, -0.1) is 0 Å². The van der Waals surface area contributed by atoms with Crippen LogP contribution in [0.1, 0.15) is 23.2 Å². The minimum absolute atomic E-state index is 0.0486. The molecule has 6 nitrogen and oxygen atoms in total. The van der Waals surface area contributed by atoms with E-state index in [4.69, 9.17) is 4.74 Å². The first kappa shape index (κ1) is 15.3. The zero-order valence-electron chi connectivity index (χ0n) is 11.3. The lowest BCUT2D eigenvalue weighted by Crippen LogP contribution is -2.41. The highest BCUT2D eigenvalue weighted by molar-refractivity contribution is 5.94. The quantitative estimate of drug-likeness (QED) is 0.633. The Morgan fingerprint density at radius 1 is 1.33 bits per heavy atom. The lowest BCUT2D eigenvalue weighted by atomic mass is 10.1. The van der Waals surface area contributed by atoms with Crippen molar-refractivity contribution in [3.63, 3.8) is 0 Å². The van der Waals surface area contributed by atoms with Gasteiger partial charge >= 0.3 is 5.69 Å². The Labute approximate surface area is 119 Å². The standard InChI is InChI=1S/C13H14F2N2O4/c1-21-8-2-4-16(5-3-8)13(18)9-6-11(15)12(17(19)20)7-10(9)14/h6-8H,2-5H2,1H3. The number of amides is 1. The van der Waals surface area contributed by atoms with Crippen LogP contribution in [-0.4, -0.2) is 42.0 Å². The fourth-order valence-corrected chi connectivity index (χ4v) is 2.31. The zero-order valence-corrected chi connectivity index (χ0v) is 11.3. The second kappa shape index (κ2) is 6.13. The van der Waals surface area contributed by atoms with Crippen LogP contribution in [-0.2, 0) is 4.74 Å². The number of rotatable bonds is 3. The van der Waals surface area contributed by atoms with E-state index in [9.17, 15) is 23.7 Å². The highest BCUT2D eigenvalue weighted by atomic mass is 19.1. The molecule has 1 aromatic carbocycles. The van der Waals surface area contributed by atoms with Crippen molar-refractivity contribution >= 4 is 11.6 Å². The van der Waals surface area contributed by atoms with Crippen molar-refractivity contribution in [2.24, 2.45) is 0 Å². The largest absolute Gasteiger partial charge is 0.381 e. The summed E-state index contributed by atoms with van der Waals surface area (Å²) in [6.07, 6.45) is 1.27. The van der Waals surface area contributed by atoms with Gasteiger partial charge in [-0.25, -0.2) is 4.39 Å². The fraction of sp³-hybridized carbons (Fsp3) is 0.462. The maximum Gasteiger partial charge on any atom is 0.307 e. The van der Waals surface area contributed by atoms with Crippen molar-refractivity contribution in [1.29, 1.82) is 0 Å². The monoisotopic (exact) mass is 300 g/mol. The van der Waals surface area contributed by atoms with Crippen LogP contribution in [0.2, 0.25) is 0 Å². The third-order valence-electron chi connectivity index (χ3n) is 3.53. The van der Waals surface area contributed by atoms with E-state index >= 15 is 0 Å². The molecule has 0 atom stereocenters. The molecule has 1 saturated heterocycles. The maximum absolute atomic E-state index is 13.8. The number of hydrogen-bond acceptors (Lipinski definition) is 4. The van der Waals surface area contributed by atoms with E-state index in [1.165, 1.54) is 4.90 Å². The summed E-state index contributed by atoms with van der Waals surface area (Å²) in [4.78, 5) is 23.0. The van der Waals surface area contributed by atoms with Crippen molar-refractivity contribution in [3.8, 4) is 0 Å². The summed E-state index contributed by atoms with van der Waals surface area (Å²) in [7, 11) is 1.58. The van der Waals surface area contributed by atoms with E-state index in [0.717, 1.165) is 0 Å². The predicted molar refractivity (Wildman–Crippen MR) is 68.9 cm³/mol. The summed E-state index contributed by atoms with van der Waals surface area (Å²) in [5.41, 5.74) is -1.48. The van der Waals surface area contributed by atoms with Crippen molar-refractivity contribution in [3.05, 3.63) is 39.4 Å². The third-order valence-corrected chi connectivity index (χ3v) is 3.53. The van der Waals surface area contributed by atoms with E-state index in [1.807, 2.05) is 0 Å². The molecule has 1 fully saturated rings. The number of likely N-dealkylation sites (tertiary alicyclic amines) is 1. The average Bonchev–Trinajstić information content (AvgIpc) is 2.48. The molecule has 1 amide bonds. The zero-order chi connectivity index (χ0) is 15.6. The van der Waals surface area contributed by atoms with E-state index in [2.05, 4.69) is 0 Å². The molecule has 2 rings (SSSR count). The van der Waals surface area contributed by atoms with E-state index in [0.29, 0.717) is 38.1 Å². The van der Waals surface area contributed by atoms with Crippen LogP contribution in [0.3, 0.4) is 0 Å². The molecular formula is C13H14F2N2O4. The Balaban J connectivity index is 2.20. The molecule has 0 aromatic heterocycles. The maximum atomic E-state index is 13.8. The van der Waals surface area contributed by atoms with Crippen molar-refractivity contribution < 1.29 is 23.2 Å². The summed E-state index contributed by atoms with van der Waals surface area (Å²) in [6, 6.07) is 1.02. The van der Waals surface area contributed by atoms with Crippen LogP contribution in [0.5, 0.6) is 0 Å². The van der Waals surface area contributed by atoms with Crippen LogP contribution in [0, 0.1) is 21.7 Å². The van der Waals surface area contributed by atoms with Gasteiger partial charge in [0.05, 0.1) is 22.7 Å². The molecule has 0 N–H and O–H groups in total. The highest BCUT2D eigenvalue weighted by Crippen LogP contribution is 2.23. The van der Waals surface area contributed by atoms with E-state index in [-0.39, 0.29) is 6.10 Å². The smallest absolute Gasteiger partial charge is 0.307 e. The van der Waals surface area contributed by atoms with E-state index in [1.54, 1.807) is 7.11 Å². The first-order valence-corrected chi connectivity index (χ1v) is 6.39. The SMILES string of the molecule is COC1CCN(C(=O)c2cc(F)c([N+](=O)[O-])cc2F)CC1. The second-order valence-corrected chi connectivity index (χ2v) is 4.77. The molecule has 0 spiro atoms. The predicted octanol–water partition coefficient (Wildman–Crippen LogP) is 2.12. The molecule has 21 heavy (non-hydrogen) atoms. The van der Waals surface area contributed by atoms with Gasteiger partial charge in [-0.2, -0.15) is 4.39 Å². The average molecular weight is 300 g/mol. The van der Waals surface area contributed by atoms with Crippen LogP contribution < -0.4 is 0 Å². The van der Waals surface area contributed by atoms with Gasteiger partial charge in [-0.3, -0.25) is 14.9 Å². The van der Waals surface area contributed by atoms with Crippen LogP contribution in [0.4, 0.5) is 14.5 Å². The molecule has 1 aliphatic rings. The number of hydrogen-bond donors (Lipinski definition) is 0. The molecule has 1 aromatic rings. The Hall–Kier alpha value is -2.09. The molecule has 1 heterocycles. The topological polar surface area (TPSA) is 72.7 Å². The number of ether oxygens (including phenoxy) is 1. The number of nitro groups is 1. The third kappa shape index (κ3) is 3.15. The normalized spacial score (nSPS) is 16.0. The van der Waals surface area contributed by atoms with Gasteiger partial charge in [-0.1, -0.05) is 0 Å². The molecule has 0 radical (unpaired) electrons. The number of nitro benzene ring substituents is 1. The van der Waals surface area contributed by atoms with Crippen molar-refractivity contribution in [2.75, 3.05) is 20.2 Å². The Kier molecular flexibility index (Phi) is 4.46. The first-order valence-electron chi connectivity index (χ1n) is 6.39. The lowest BCUT2D eigenvalue weighted by Gasteiger charge is -2.31. The summed E-state index contributed by atoms with van der Waals surface area (Å²) in [6.45, 7) is 0.741. The minimum Gasteiger partial charge on any atom is -0.381 e. The number of methoxy groups -OCH3 is 1. The number of nitrogens with zero attached hydrogens (tertiary/aromatic N) is 2. The van der Waals surface area contributed by atoms with Gasteiger partial charge in [-0.05, 0) is 18.9 Å². The molecule has 0 unspecified atom stereocenters. The van der Waals surface area contributed by atoms with Crippen molar-refractivity contribution in [1.82, 2.24) is 4.90 Å². The molecule has 0 aliphatic carbocycles. The number of benzene rings is 1. The second-order valence-electron chi connectivity index (χ2n) is 4.77. The Morgan fingerprint density at radius 2 is 1.95 bits per heavy atom. The Morgan fingerprint density at radius 3 is 2.48 bits per heavy atom. The molecule has 114 valence electrons. The summed E-state index contributed by atoms with van der Waals surface area (Å²) >= 11 is 0. The molecular weight excluding hydrogens is 286 g/mol. The van der Waals surface area contributed by atoms with Gasteiger partial charge in [0.1, 0.15) is 5.82 Å². The fourth-order valence-electron chi connectivity index (χ4n) is 2.31. The van der Waals surface area contributed by atoms with Crippen LogP contribution in [0.25, 0.3) is 0 Å². The van der Waals surface area contributed by atoms with Gasteiger partial charge in [0.2, 0.25) is 5.82 Å². The minimum atomic E-state index is -1.23. The van der Waals surface area contributed by atoms with Crippen LogP contribution in [0.15, 0.2) is 12.1 Å². The van der Waals surface area contributed by atoms with Crippen LogP contribution >= 0.6 is 0 Å². The Bertz CT molecular complexity index is 572. The summed E-state index contributed by atoms with van der Waals surface area (Å²) < 4.78 is 32.5. The highest BCUT2D eigenvalue weighted by Gasteiger charge is 2.28.